The van der Waals surface area contributed by atoms with Crippen LogP contribution in [-0.2, 0) is 13.6 Å². The molecule has 0 N–H and O–H groups in total. The van der Waals surface area contributed by atoms with Crippen LogP contribution in [0.25, 0.3) is 11.0 Å². The average Bonchev–Trinajstić information content (AvgIpc) is 3.36. The van der Waals surface area contributed by atoms with Crippen LogP contribution in [0.2, 0.25) is 0 Å². The molecule has 0 aliphatic carbocycles. The van der Waals surface area contributed by atoms with E-state index in [1.165, 1.54) is 7.05 Å². The molecule has 1 amide bonds. The summed E-state index contributed by atoms with van der Waals surface area (Å²) in [5.74, 6) is -0.0832. The number of aromatic nitrogens is 4. The van der Waals surface area contributed by atoms with Crippen LogP contribution in [-0.4, -0.2) is 43.0 Å². The predicted molar refractivity (Wildman–Crippen MR) is 124 cm³/mol. The fraction of sp³-hybridized carbons (Fsp3) is 0.240. The predicted octanol–water partition coefficient (Wildman–Crippen LogP) is 2.17. The molecule has 4 aromatic rings. The van der Waals surface area contributed by atoms with Crippen LogP contribution < -0.4 is 11.2 Å². The SMILES string of the molecule is Cn1c(=O)c2ccc([C@@H]3CCN(C(=O)c4ccccn4)C3)nc2n(Cc2ccccc2)c1=O. The minimum Gasteiger partial charge on any atom is -0.337 e. The first-order chi connectivity index (χ1) is 16.0. The van der Waals surface area contributed by atoms with E-state index in [9.17, 15) is 14.4 Å². The number of hydrogen-bond donors (Lipinski definition) is 0. The zero-order valence-electron chi connectivity index (χ0n) is 18.2. The van der Waals surface area contributed by atoms with Gasteiger partial charge < -0.3 is 4.90 Å². The molecule has 0 bridgehead atoms. The van der Waals surface area contributed by atoms with E-state index in [0.29, 0.717) is 36.4 Å². The summed E-state index contributed by atoms with van der Waals surface area (Å²) in [5.41, 5.74) is 1.74. The van der Waals surface area contributed by atoms with Gasteiger partial charge in [-0.1, -0.05) is 36.4 Å². The van der Waals surface area contributed by atoms with Crippen LogP contribution in [0.15, 0.2) is 76.4 Å². The van der Waals surface area contributed by atoms with Gasteiger partial charge in [0.15, 0.2) is 0 Å². The fourth-order valence-electron chi connectivity index (χ4n) is 4.35. The third-order valence-corrected chi connectivity index (χ3v) is 6.17. The number of fused-ring (bicyclic) bond motifs is 1. The van der Waals surface area contributed by atoms with Crippen molar-refractivity contribution >= 4 is 16.9 Å². The van der Waals surface area contributed by atoms with Crippen molar-refractivity contribution in [2.45, 2.75) is 18.9 Å². The second-order valence-corrected chi connectivity index (χ2v) is 8.28. The van der Waals surface area contributed by atoms with Gasteiger partial charge in [-0.2, -0.15) is 0 Å². The van der Waals surface area contributed by atoms with Crippen molar-refractivity contribution in [2.24, 2.45) is 7.05 Å². The van der Waals surface area contributed by atoms with Gasteiger partial charge in [0.1, 0.15) is 11.3 Å². The monoisotopic (exact) mass is 441 g/mol. The van der Waals surface area contributed by atoms with Gasteiger partial charge in [-0.25, -0.2) is 9.78 Å². The Hall–Kier alpha value is -4.07. The highest BCUT2D eigenvalue weighted by Crippen LogP contribution is 2.27. The lowest BCUT2D eigenvalue weighted by Gasteiger charge is -2.17. The quantitative estimate of drug-likeness (QED) is 0.484. The maximum atomic E-state index is 13.0. The maximum absolute atomic E-state index is 13.0. The van der Waals surface area contributed by atoms with Gasteiger partial charge in [0.05, 0.1) is 11.9 Å². The molecule has 4 heterocycles. The number of nitrogens with zero attached hydrogens (tertiary/aromatic N) is 5. The van der Waals surface area contributed by atoms with E-state index in [2.05, 4.69) is 4.98 Å². The third-order valence-electron chi connectivity index (χ3n) is 6.17. The number of rotatable bonds is 4. The zero-order valence-corrected chi connectivity index (χ0v) is 18.2. The molecule has 1 saturated heterocycles. The summed E-state index contributed by atoms with van der Waals surface area (Å²) in [4.78, 5) is 49.2. The summed E-state index contributed by atoms with van der Waals surface area (Å²) in [7, 11) is 1.48. The van der Waals surface area contributed by atoms with Crippen molar-refractivity contribution in [3.63, 3.8) is 0 Å². The lowest BCUT2D eigenvalue weighted by Crippen LogP contribution is -2.38. The van der Waals surface area contributed by atoms with E-state index >= 15 is 0 Å². The van der Waals surface area contributed by atoms with Gasteiger partial charge in [-0.05, 0) is 36.2 Å². The zero-order chi connectivity index (χ0) is 22.9. The maximum Gasteiger partial charge on any atom is 0.332 e. The molecule has 1 aliphatic rings. The number of pyridine rings is 2. The first-order valence-electron chi connectivity index (χ1n) is 10.9. The summed E-state index contributed by atoms with van der Waals surface area (Å²) in [5, 5.41) is 0.399. The first-order valence-corrected chi connectivity index (χ1v) is 10.9. The molecule has 0 saturated carbocycles. The number of likely N-dealkylation sites (tertiary alicyclic amines) is 1. The Balaban J connectivity index is 1.51. The van der Waals surface area contributed by atoms with Crippen molar-refractivity contribution in [3.8, 4) is 0 Å². The fourth-order valence-corrected chi connectivity index (χ4v) is 4.35. The van der Waals surface area contributed by atoms with E-state index in [4.69, 9.17) is 4.98 Å². The molecule has 1 fully saturated rings. The van der Waals surface area contributed by atoms with E-state index in [1.54, 1.807) is 39.9 Å². The van der Waals surface area contributed by atoms with Gasteiger partial charge in [0.25, 0.3) is 11.5 Å². The first kappa shape index (κ1) is 20.8. The van der Waals surface area contributed by atoms with Gasteiger partial charge >= 0.3 is 5.69 Å². The average molecular weight is 441 g/mol. The molecule has 5 rings (SSSR count). The molecule has 0 spiro atoms. The molecule has 166 valence electrons. The third kappa shape index (κ3) is 3.84. The van der Waals surface area contributed by atoms with Crippen LogP contribution in [0.5, 0.6) is 0 Å². The topological polar surface area (TPSA) is 90.1 Å². The van der Waals surface area contributed by atoms with Gasteiger partial charge in [0, 0.05) is 37.9 Å². The Morgan fingerprint density at radius 3 is 2.58 bits per heavy atom. The minimum absolute atomic E-state index is 0.0198. The smallest absolute Gasteiger partial charge is 0.332 e. The van der Waals surface area contributed by atoms with E-state index in [-0.39, 0.29) is 17.4 Å². The number of hydrogen-bond acceptors (Lipinski definition) is 5. The minimum atomic E-state index is -0.403. The number of carbonyl (C=O) groups excluding carboxylic acids is 1. The summed E-state index contributed by atoms with van der Waals surface area (Å²) in [6, 6.07) is 18.5. The van der Waals surface area contributed by atoms with Crippen molar-refractivity contribution < 1.29 is 4.79 Å². The summed E-state index contributed by atoms with van der Waals surface area (Å²) in [6.07, 6.45) is 2.36. The standard InChI is InChI=1S/C25H23N5O3/c1-28-23(31)19-10-11-20(18-12-14-29(16-18)24(32)21-9-5-6-13-26-21)27-22(19)30(25(28)33)15-17-7-3-2-4-8-17/h2-11,13,18H,12,14-16H2,1H3/t18-/m1/s1. The van der Waals surface area contributed by atoms with E-state index < -0.39 is 5.69 Å². The molecular weight excluding hydrogens is 418 g/mol. The Labute approximate surface area is 189 Å². The molecule has 33 heavy (non-hydrogen) atoms. The molecule has 1 aliphatic heterocycles. The Bertz CT molecular complexity index is 1440. The molecule has 1 atom stereocenters. The largest absolute Gasteiger partial charge is 0.337 e. The van der Waals surface area contributed by atoms with Crippen LogP contribution in [0.4, 0.5) is 0 Å². The molecule has 3 aromatic heterocycles. The summed E-state index contributed by atoms with van der Waals surface area (Å²) < 4.78 is 2.66. The van der Waals surface area contributed by atoms with Crippen LogP contribution in [0.1, 0.15) is 34.1 Å². The number of benzene rings is 1. The highest BCUT2D eigenvalue weighted by atomic mass is 16.2. The van der Waals surface area contributed by atoms with Crippen molar-refractivity contribution in [2.75, 3.05) is 13.1 Å². The molecule has 0 radical (unpaired) electrons. The van der Waals surface area contributed by atoms with Crippen LogP contribution in [0, 0.1) is 0 Å². The van der Waals surface area contributed by atoms with E-state index in [0.717, 1.165) is 22.2 Å². The van der Waals surface area contributed by atoms with Crippen LogP contribution >= 0.6 is 0 Å². The van der Waals surface area contributed by atoms with Gasteiger partial charge in [-0.15, -0.1) is 0 Å². The lowest BCUT2D eigenvalue weighted by atomic mass is 10.0. The Kier molecular flexibility index (Phi) is 5.34. The molecule has 8 heteroatoms. The van der Waals surface area contributed by atoms with Crippen molar-refractivity contribution in [1.82, 2.24) is 24.0 Å². The highest BCUT2D eigenvalue weighted by molar-refractivity contribution is 5.92. The second kappa shape index (κ2) is 8.46. The summed E-state index contributed by atoms with van der Waals surface area (Å²) >= 11 is 0. The Morgan fingerprint density at radius 1 is 1.03 bits per heavy atom. The van der Waals surface area contributed by atoms with Gasteiger partial charge in [0.2, 0.25) is 0 Å². The highest BCUT2D eigenvalue weighted by Gasteiger charge is 2.29. The Morgan fingerprint density at radius 2 is 1.82 bits per heavy atom. The lowest BCUT2D eigenvalue weighted by molar-refractivity contribution is 0.0785. The van der Waals surface area contributed by atoms with E-state index in [1.807, 2.05) is 36.4 Å². The van der Waals surface area contributed by atoms with Crippen molar-refractivity contribution in [1.29, 1.82) is 0 Å². The molecular formula is C25H23N5O3. The van der Waals surface area contributed by atoms with Crippen LogP contribution in [0.3, 0.4) is 0 Å². The summed E-state index contributed by atoms with van der Waals surface area (Å²) in [6.45, 7) is 1.44. The van der Waals surface area contributed by atoms with Gasteiger partial charge in [-0.3, -0.25) is 23.7 Å². The molecule has 8 nitrogen and oxygen atoms in total. The molecule has 0 unspecified atom stereocenters. The molecule has 1 aromatic carbocycles. The normalized spacial score (nSPS) is 15.8. The second-order valence-electron chi connectivity index (χ2n) is 8.28. The number of amides is 1. The number of carbonyl (C=O) groups is 1. The van der Waals surface area contributed by atoms with Crippen molar-refractivity contribution in [3.05, 3.63) is 105 Å².